The smallest absolute Gasteiger partial charge is 0.0991 e. The minimum Gasteiger partial charge on any atom is -0.412 e. The fraction of sp³-hybridized carbons (Fsp3) is 0. The van der Waals surface area contributed by atoms with Crippen LogP contribution in [0.2, 0.25) is 0 Å². The van der Waals surface area contributed by atoms with Gasteiger partial charge < -0.3 is 14.6 Å². The maximum atomic E-state index is 4.04. The van der Waals surface area contributed by atoms with Crippen LogP contribution >= 0.6 is 0 Å². The molecule has 2 N–H and O–H groups in total. The summed E-state index contributed by atoms with van der Waals surface area (Å²) in [6.45, 7) is 0. The Labute approximate surface area is 204 Å². The van der Waals surface area contributed by atoms with Crippen LogP contribution in [0.3, 0.4) is 0 Å². The lowest BCUT2D eigenvalue weighted by molar-refractivity contribution is 0.824. The summed E-state index contributed by atoms with van der Waals surface area (Å²) in [6, 6.07) is 37.7. The van der Waals surface area contributed by atoms with E-state index < -0.39 is 0 Å². The molecule has 35 heavy (non-hydrogen) atoms. The molecule has 0 radical (unpaired) electrons. The molecule has 0 aliphatic rings. The average Bonchev–Trinajstić information content (AvgIpc) is 3.66. The molecular formula is C30H26N4O. The third kappa shape index (κ3) is 5.79. The molecule has 0 atom stereocenters. The molecular weight excluding hydrogens is 432 g/mol. The van der Waals surface area contributed by atoms with Gasteiger partial charge in [0, 0.05) is 36.2 Å². The Balaban J connectivity index is 0.000000160. The lowest BCUT2D eigenvalue weighted by Gasteiger charge is -2.04. The number of benzene rings is 4. The molecule has 2 aromatic heterocycles. The number of aromatic nitrogens is 4. The lowest BCUT2D eigenvalue weighted by Crippen LogP contribution is -1.89. The van der Waals surface area contributed by atoms with Crippen molar-refractivity contribution in [2.24, 2.45) is 0 Å². The maximum Gasteiger partial charge on any atom is 0.0991 e. The Hall–Kier alpha value is -4.74. The van der Waals surface area contributed by atoms with Crippen molar-refractivity contribution in [2.75, 3.05) is 0 Å². The molecule has 0 bridgehead atoms. The Morgan fingerprint density at radius 3 is 1.06 bits per heavy atom. The largest absolute Gasteiger partial charge is 0.412 e. The van der Waals surface area contributed by atoms with Crippen LogP contribution in [0.25, 0.3) is 33.6 Å². The summed E-state index contributed by atoms with van der Waals surface area (Å²) in [5.41, 5.74) is 7.20. The summed E-state index contributed by atoms with van der Waals surface area (Å²) in [6.07, 6.45) is 11.1. The van der Waals surface area contributed by atoms with Crippen LogP contribution in [0, 0.1) is 0 Å². The fourth-order valence-corrected chi connectivity index (χ4v) is 3.74. The highest BCUT2D eigenvalue weighted by Crippen LogP contribution is 2.21. The van der Waals surface area contributed by atoms with Crippen LogP contribution in [-0.2, 0) is 0 Å². The lowest BCUT2D eigenvalue weighted by atomic mass is 10.1. The second-order valence-corrected chi connectivity index (χ2v) is 7.77. The molecule has 0 saturated heterocycles. The second kappa shape index (κ2) is 11.4. The molecule has 0 spiro atoms. The highest BCUT2D eigenvalue weighted by atomic mass is 16.0. The average molecular weight is 459 g/mol. The third-order valence-corrected chi connectivity index (χ3v) is 5.55. The Morgan fingerprint density at radius 1 is 0.400 bits per heavy atom. The van der Waals surface area contributed by atoms with Gasteiger partial charge in [-0.1, -0.05) is 84.9 Å². The first kappa shape index (κ1) is 23.4. The number of hydrogen-bond donors (Lipinski definition) is 0. The summed E-state index contributed by atoms with van der Waals surface area (Å²) in [5.74, 6) is 0. The first-order valence-corrected chi connectivity index (χ1v) is 11.1. The first-order valence-electron chi connectivity index (χ1n) is 11.1. The van der Waals surface area contributed by atoms with Gasteiger partial charge in [-0.25, -0.2) is 9.97 Å². The van der Waals surface area contributed by atoms with E-state index in [0.717, 1.165) is 11.4 Å². The molecule has 6 aromatic rings. The van der Waals surface area contributed by atoms with Gasteiger partial charge in [0.2, 0.25) is 0 Å². The SMILES string of the molecule is O.c1ccc(-c2ccc(-n3ccnc3)cc2)cc1.c1ccc(-c2ccc(-n3ccnc3)cc2)cc1. The molecule has 0 aliphatic carbocycles. The van der Waals surface area contributed by atoms with Gasteiger partial charge in [-0.05, 0) is 46.5 Å². The fourth-order valence-electron chi connectivity index (χ4n) is 3.74. The monoisotopic (exact) mass is 458 g/mol. The normalized spacial score (nSPS) is 10.1. The molecule has 0 saturated carbocycles. The maximum absolute atomic E-state index is 4.04. The predicted octanol–water partition coefficient (Wildman–Crippen LogP) is 6.25. The van der Waals surface area contributed by atoms with Crippen molar-refractivity contribution in [3.05, 3.63) is 147 Å². The van der Waals surface area contributed by atoms with Gasteiger partial charge >= 0.3 is 0 Å². The van der Waals surface area contributed by atoms with E-state index in [1.54, 1.807) is 25.0 Å². The summed E-state index contributed by atoms with van der Waals surface area (Å²) in [5, 5.41) is 0. The van der Waals surface area contributed by atoms with Gasteiger partial charge in [0.05, 0.1) is 12.7 Å². The number of hydrogen-bond acceptors (Lipinski definition) is 2. The van der Waals surface area contributed by atoms with E-state index in [1.807, 2.05) is 33.7 Å². The zero-order valence-electron chi connectivity index (χ0n) is 19.1. The van der Waals surface area contributed by atoms with Gasteiger partial charge in [-0.3, -0.25) is 0 Å². The molecule has 0 aliphatic heterocycles. The Kier molecular flexibility index (Phi) is 7.63. The summed E-state index contributed by atoms with van der Waals surface area (Å²) in [7, 11) is 0. The number of imidazole rings is 2. The van der Waals surface area contributed by atoms with Crippen LogP contribution in [0.5, 0.6) is 0 Å². The quantitative estimate of drug-likeness (QED) is 0.313. The molecule has 5 heteroatoms. The van der Waals surface area contributed by atoms with Crippen molar-refractivity contribution in [1.82, 2.24) is 19.1 Å². The van der Waals surface area contributed by atoms with Crippen LogP contribution in [-0.4, -0.2) is 24.6 Å². The molecule has 5 nitrogen and oxygen atoms in total. The van der Waals surface area contributed by atoms with E-state index in [9.17, 15) is 0 Å². The molecule has 172 valence electrons. The molecule has 2 heterocycles. The van der Waals surface area contributed by atoms with E-state index in [1.165, 1.54) is 22.3 Å². The first-order chi connectivity index (χ1) is 16.9. The van der Waals surface area contributed by atoms with E-state index in [4.69, 9.17) is 0 Å². The van der Waals surface area contributed by atoms with Crippen molar-refractivity contribution in [3.8, 4) is 33.6 Å². The molecule has 0 amide bonds. The third-order valence-electron chi connectivity index (χ3n) is 5.55. The van der Waals surface area contributed by atoms with Gasteiger partial charge in [0.15, 0.2) is 0 Å². The molecule has 6 rings (SSSR count). The summed E-state index contributed by atoms with van der Waals surface area (Å²) >= 11 is 0. The van der Waals surface area contributed by atoms with Crippen LogP contribution < -0.4 is 0 Å². The standard InChI is InChI=1S/2C15H12N2.H2O/c2*1-2-4-13(5-3-1)14-6-8-15(9-7-14)17-11-10-16-12-17;/h2*1-12H;1H2. The van der Waals surface area contributed by atoms with Gasteiger partial charge in [0.25, 0.3) is 0 Å². The minimum absolute atomic E-state index is 0. The molecule has 0 unspecified atom stereocenters. The summed E-state index contributed by atoms with van der Waals surface area (Å²) in [4.78, 5) is 8.08. The summed E-state index contributed by atoms with van der Waals surface area (Å²) < 4.78 is 3.99. The van der Waals surface area contributed by atoms with Crippen molar-refractivity contribution >= 4 is 0 Å². The molecule has 4 aromatic carbocycles. The van der Waals surface area contributed by atoms with E-state index in [2.05, 4.69) is 107 Å². The zero-order valence-corrected chi connectivity index (χ0v) is 19.1. The minimum atomic E-state index is 0. The van der Waals surface area contributed by atoms with Crippen molar-refractivity contribution in [2.45, 2.75) is 0 Å². The second-order valence-electron chi connectivity index (χ2n) is 7.77. The van der Waals surface area contributed by atoms with Crippen LogP contribution in [0.15, 0.2) is 147 Å². The molecule has 0 fully saturated rings. The zero-order chi connectivity index (χ0) is 23.0. The predicted molar refractivity (Wildman–Crippen MR) is 142 cm³/mol. The van der Waals surface area contributed by atoms with Gasteiger partial charge in [-0.2, -0.15) is 0 Å². The van der Waals surface area contributed by atoms with Crippen molar-refractivity contribution in [3.63, 3.8) is 0 Å². The van der Waals surface area contributed by atoms with E-state index in [-0.39, 0.29) is 5.48 Å². The van der Waals surface area contributed by atoms with Crippen LogP contribution in [0.1, 0.15) is 0 Å². The van der Waals surface area contributed by atoms with Crippen molar-refractivity contribution < 1.29 is 5.48 Å². The topological polar surface area (TPSA) is 67.1 Å². The van der Waals surface area contributed by atoms with Crippen molar-refractivity contribution in [1.29, 1.82) is 0 Å². The highest BCUT2D eigenvalue weighted by molar-refractivity contribution is 5.65. The number of nitrogens with zero attached hydrogens (tertiary/aromatic N) is 4. The Morgan fingerprint density at radius 2 is 0.743 bits per heavy atom. The van der Waals surface area contributed by atoms with Gasteiger partial charge in [0.1, 0.15) is 0 Å². The number of rotatable bonds is 4. The van der Waals surface area contributed by atoms with E-state index >= 15 is 0 Å². The van der Waals surface area contributed by atoms with Crippen LogP contribution in [0.4, 0.5) is 0 Å². The highest BCUT2D eigenvalue weighted by Gasteiger charge is 1.99. The van der Waals surface area contributed by atoms with E-state index in [0.29, 0.717) is 0 Å². The van der Waals surface area contributed by atoms with Gasteiger partial charge in [-0.15, -0.1) is 0 Å². The Bertz CT molecular complexity index is 1280.